The van der Waals surface area contributed by atoms with Crippen molar-refractivity contribution < 1.29 is 13.2 Å². The van der Waals surface area contributed by atoms with Crippen LogP contribution in [0.15, 0.2) is 58.4 Å². The SMILES string of the molecule is CCNC(=NCc1ccc(S(=O)(=O)N2CCCC2)cc1)NCc1ccccc1OCC.I. The number of benzene rings is 2. The van der Waals surface area contributed by atoms with Crippen LogP contribution in [0.2, 0.25) is 0 Å². The van der Waals surface area contributed by atoms with E-state index in [1.165, 1.54) is 0 Å². The van der Waals surface area contributed by atoms with Crippen LogP contribution in [0, 0.1) is 0 Å². The van der Waals surface area contributed by atoms with Crippen LogP contribution in [0.4, 0.5) is 0 Å². The molecule has 0 aliphatic carbocycles. The Kier molecular flexibility index (Phi) is 10.7. The van der Waals surface area contributed by atoms with Crippen molar-refractivity contribution in [3.8, 4) is 5.75 Å². The molecule has 1 fully saturated rings. The molecule has 0 spiro atoms. The van der Waals surface area contributed by atoms with E-state index >= 15 is 0 Å². The molecule has 1 aliphatic heterocycles. The molecule has 0 aromatic heterocycles. The predicted molar refractivity (Wildman–Crippen MR) is 139 cm³/mol. The van der Waals surface area contributed by atoms with Crippen LogP contribution in [-0.2, 0) is 23.1 Å². The van der Waals surface area contributed by atoms with E-state index in [0.717, 1.165) is 36.3 Å². The molecule has 1 aliphatic rings. The van der Waals surface area contributed by atoms with Gasteiger partial charge in [0.15, 0.2) is 5.96 Å². The number of hydrogen-bond acceptors (Lipinski definition) is 4. The van der Waals surface area contributed by atoms with Gasteiger partial charge in [0.05, 0.1) is 18.0 Å². The summed E-state index contributed by atoms with van der Waals surface area (Å²) in [5.74, 6) is 1.56. The van der Waals surface area contributed by atoms with Gasteiger partial charge in [-0.2, -0.15) is 4.31 Å². The summed E-state index contributed by atoms with van der Waals surface area (Å²) in [7, 11) is -3.38. The van der Waals surface area contributed by atoms with Crippen LogP contribution >= 0.6 is 24.0 Å². The number of halogens is 1. The number of nitrogens with one attached hydrogen (secondary N) is 2. The van der Waals surface area contributed by atoms with Gasteiger partial charge in [0.1, 0.15) is 5.75 Å². The van der Waals surface area contributed by atoms with Gasteiger partial charge in [-0.25, -0.2) is 13.4 Å². The first kappa shape index (κ1) is 26.4. The molecule has 0 bridgehead atoms. The zero-order chi connectivity index (χ0) is 22.1. The second kappa shape index (κ2) is 13.0. The monoisotopic (exact) mass is 572 g/mol. The molecule has 0 atom stereocenters. The molecule has 2 N–H and O–H groups in total. The number of ether oxygens (including phenoxy) is 1. The Hall–Kier alpha value is -1.85. The number of guanidine groups is 1. The molecular weight excluding hydrogens is 539 g/mol. The third-order valence-electron chi connectivity index (χ3n) is 5.11. The molecule has 1 heterocycles. The first-order chi connectivity index (χ1) is 15.0. The number of sulfonamides is 1. The van der Waals surface area contributed by atoms with Crippen molar-refractivity contribution in [2.45, 2.75) is 44.7 Å². The van der Waals surface area contributed by atoms with E-state index in [2.05, 4.69) is 15.6 Å². The lowest BCUT2D eigenvalue weighted by atomic mass is 10.2. The van der Waals surface area contributed by atoms with Gasteiger partial charge >= 0.3 is 0 Å². The maximum absolute atomic E-state index is 12.7. The molecule has 2 aromatic carbocycles. The molecule has 0 saturated carbocycles. The number of hydrogen-bond donors (Lipinski definition) is 2. The lowest BCUT2D eigenvalue weighted by Crippen LogP contribution is -2.36. The number of rotatable bonds is 9. The molecule has 32 heavy (non-hydrogen) atoms. The molecule has 2 aromatic rings. The molecule has 0 amide bonds. The van der Waals surface area contributed by atoms with Crippen LogP contribution in [0.3, 0.4) is 0 Å². The summed E-state index contributed by atoms with van der Waals surface area (Å²) in [6, 6.07) is 15.0. The molecule has 0 unspecified atom stereocenters. The quantitative estimate of drug-likeness (QED) is 0.272. The van der Waals surface area contributed by atoms with E-state index in [1.54, 1.807) is 16.4 Å². The van der Waals surface area contributed by atoms with E-state index in [0.29, 0.717) is 43.6 Å². The topological polar surface area (TPSA) is 83.0 Å². The summed E-state index contributed by atoms with van der Waals surface area (Å²) in [6.07, 6.45) is 1.86. The molecule has 1 saturated heterocycles. The molecular formula is C23H33IN4O3S. The summed E-state index contributed by atoms with van der Waals surface area (Å²) in [5, 5.41) is 6.58. The molecule has 0 radical (unpaired) electrons. The fourth-order valence-corrected chi connectivity index (χ4v) is 5.00. The number of aliphatic imine (C=N–C) groups is 1. The Morgan fingerprint density at radius 2 is 1.72 bits per heavy atom. The highest BCUT2D eigenvalue weighted by atomic mass is 127. The van der Waals surface area contributed by atoms with Crippen LogP contribution in [0.1, 0.15) is 37.8 Å². The van der Waals surface area contributed by atoms with Crippen molar-refractivity contribution in [2.24, 2.45) is 4.99 Å². The summed E-state index contributed by atoms with van der Waals surface area (Å²) < 4.78 is 32.6. The fraction of sp³-hybridized carbons (Fsp3) is 0.435. The highest BCUT2D eigenvalue weighted by Crippen LogP contribution is 2.21. The summed E-state index contributed by atoms with van der Waals surface area (Å²) in [6.45, 7) is 7.61. The van der Waals surface area contributed by atoms with Gasteiger partial charge in [-0.1, -0.05) is 30.3 Å². The van der Waals surface area contributed by atoms with E-state index < -0.39 is 10.0 Å². The molecule has 9 heteroatoms. The molecule has 176 valence electrons. The average Bonchev–Trinajstić information content (AvgIpc) is 3.33. The van der Waals surface area contributed by atoms with E-state index in [9.17, 15) is 8.42 Å². The third kappa shape index (κ3) is 7.08. The Balaban J connectivity index is 0.00000363. The second-order valence-electron chi connectivity index (χ2n) is 7.34. The van der Waals surface area contributed by atoms with Crippen molar-refractivity contribution in [3.63, 3.8) is 0 Å². The maximum atomic E-state index is 12.7. The Bertz CT molecular complexity index is 975. The van der Waals surface area contributed by atoms with Crippen molar-refractivity contribution in [3.05, 3.63) is 59.7 Å². The van der Waals surface area contributed by atoms with Crippen molar-refractivity contribution in [2.75, 3.05) is 26.2 Å². The first-order valence-corrected chi connectivity index (χ1v) is 12.3. The summed E-state index contributed by atoms with van der Waals surface area (Å²) >= 11 is 0. The zero-order valence-corrected chi connectivity index (χ0v) is 21.9. The summed E-state index contributed by atoms with van der Waals surface area (Å²) in [4.78, 5) is 4.98. The summed E-state index contributed by atoms with van der Waals surface area (Å²) in [5.41, 5.74) is 2.01. The van der Waals surface area contributed by atoms with E-state index in [-0.39, 0.29) is 24.0 Å². The lowest BCUT2D eigenvalue weighted by Gasteiger charge is -2.15. The minimum atomic E-state index is -3.38. The Morgan fingerprint density at radius 3 is 2.38 bits per heavy atom. The lowest BCUT2D eigenvalue weighted by molar-refractivity contribution is 0.336. The highest BCUT2D eigenvalue weighted by Gasteiger charge is 2.26. The third-order valence-corrected chi connectivity index (χ3v) is 7.02. The normalized spacial score (nSPS) is 14.6. The minimum absolute atomic E-state index is 0. The van der Waals surface area contributed by atoms with Gasteiger partial charge in [0.25, 0.3) is 0 Å². The first-order valence-electron chi connectivity index (χ1n) is 10.9. The van der Waals surface area contributed by atoms with Gasteiger partial charge in [-0.05, 0) is 50.5 Å². The molecule has 7 nitrogen and oxygen atoms in total. The smallest absolute Gasteiger partial charge is 0.243 e. The van der Waals surface area contributed by atoms with Crippen LogP contribution in [-0.4, -0.2) is 44.9 Å². The van der Waals surface area contributed by atoms with Gasteiger partial charge < -0.3 is 15.4 Å². The standard InChI is InChI=1S/C23H32N4O3S.HI/c1-3-24-23(26-18-20-9-5-6-10-22(20)30-4-2)25-17-19-11-13-21(14-12-19)31(28,29)27-15-7-8-16-27;/h5-6,9-14H,3-4,7-8,15-18H2,1-2H3,(H2,24,25,26);1H. The van der Waals surface area contributed by atoms with Crippen molar-refractivity contribution in [1.82, 2.24) is 14.9 Å². The van der Waals surface area contributed by atoms with Gasteiger partial charge in [-0.3, -0.25) is 0 Å². The number of nitrogens with zero attached hydrogens (tertiary/aromatic N) is 2. The number of para-hydroxylation sites is 1. The van der Waals surface area contributed by atoms with E-state index in [1.807, 2.05) is 50.2 Å². The van der Waals surface area contributed by atoms with Crippen molar-refractivity contribution >= 4 is 40.0 Å². The average molecular weight is 573 g/mol. The highest BCUT2D eigenvalue weighted by molar-refractivity contribution is 14.0. The fourth-order valence-electron chi connectivity index (χ4n) is 3.48. The Labute approximate surface area is 208 Å². The van der Waals surface area contributed by atoms with Gasteiger partial charge in [-0.15, -0.1) is 24.0 Å². The van der Waals surface area contributed by atoms with Gasteiger partial charge in [0.2, 0.25) is 10.0 Å². The predicted octanol–water partition coefficient (Wildman–Crippen LogP) is 3.74. The van der Waals surface area contributed by atoms with Crippen LogP contribution < -0.4 is 15.4 Å². The van der Waals surface area contributed by atoms with Crippen molar-refractivity contribution in [1.29, 1.82) is 0 Å². The minimum Gasteiger partial charge on any atom is -0.494 e. The second-order valence-corrected chi connectivity index (χ2v) is 9.28. The largest absolute Gasteiger partial charge is 0.494 e. The van der Waals surface area contributed by atoms with Gasteiger partial charge in [0, 0.05) is 31.7 Å². The zero-order valence-electron chi connectivity index (χ0n) is 18.7. The van der Waals surface area contributed by atoms with E-state index in [4.69, 9.17) is 4.74 Å². The van der Waals surface area contributed by atoms with Crippen LogP contribution in [0.5, 0.6) is 5.75 Å². The maximum Gasteiger partial charge on any atom is 0.243 e. The van der Waals surface area contributed by atoms with Crippen LogP contribution in [0.25, 0.3) is 0 Å². The molecule has 3 rings (SSSR count). The Morgan fingerprint density at radius 1 is 1.03 bits per heavy atom.